The summed E-state index contributed by atoms with van der Waals surface area (Å²) in [7, 11) is 0. The summed E-state index contributed by atoms with van der Waals surface area (Å²) in [5.41, 5.74) is 0.772. The van der Waals surface area contributed by atoms with E-state index in [2.05, 4.69) is 26.2 Å². The van der Waals surface area contributed by atoms with Gasteiger partial charge in [-0.2, -0.15) is 0 Å². The van der Waals surface area contributed by atoms with Gasteiger partial charge in [0.1, 0.15) is 17.5 Å². The van der Waals surface area contributed by atoms with Crippen LogP contribution < -0.4 is 10.1 Å². The number of alkyl carbamates (subject to hydrolysis) is 1. The average molecular weight is 383 g/mol. The van der Waals surface area contributed by atoms with Crippen molar-refractivity contribution >= 4 is 22.0 Å². The fourth-order valence-electron chi connectivity index (χ4n) is 2.72. The Morgan fingerprint density at radius 2 is 2.00 bits per heavy atom. The molecule has 0 spiro atoms. The van der Waals surface area contributed by atoms with Crippen LogP contribution in [0.1, 0.15) is 57.9 Å². The zero-order chi connectivity index (χ0) is 16.6. The van der Waals surface area contributed by atoms with Crippen molar-refractivity contribution in [1.29, 1.82) is 0 Å². The van der Waals surface area contributed by atoms with Crippen molar-refractivity contribution < 1.29 is 14.3 Å². The predicted molar refractivity (Wildman–Crippen MR) is 90.7 cm³/mol. The van der Waals surface area contributed by atoms with Crippen LogP contribution >= 0.6 is 15.9 Å². The van der Waals surface area contributed by atoms with Crippen molar-refractivity contribution in [2.24, 2.45) is 0 Å². The zero-order valence-corrected chi connectivity index (χ0v) is 15.4. The molecule has 5 nitrogen and oxygen atoms in total. The summed E-state index contributed by atoms with van der Waals surface area (Å²) in [6.07, 6.45) is 7.43. The van der Waals surface area contributed by atoms with Gasteiger partial charge < -0.3 is 14.8 Å². The van der Waals surface area contributed by atoms with Crippen molar-refractivity contribution in [1.82, 2.24) is 10.3 Å². The number of aromatic nitrogens is 1. The van der Waals surface area contributed by atoms with Gasteiger partial charge in [0.15, 0.2) is 0 Å². The van der Waals surface area contributed by atoms with Gasteiger partial charge in [-0.25, -0.2) is 4.79 Å². The molecule has 0 aromatic carbocycles. The Hall–Kier alpha value is -1.30. The highest BCUT2D eigenvalue weighted by atomic mass is 79.9. The number of pyridine rings is 1. The molecule has 2 aliphatic rings. The number of amides is 1. The number of ether oxygens (including phenoxy) is 2. The van der Waals surface area contributed by atoms with Crippen LogP contribution in [0.2, 0.25) is 0 Å². The fourth-order valence-corrected chi connectivity index (χ4v) is 3.36. The number of hydrogen-bond donors (Lipinski definition) is 1. The Bertz CT molecular complexity index is 590. The van der Waals surface area contributed by atoms with Gasteiger partial charge in [-0.15, -0.1) is 0 Å². The lowest BCUT2D eigenvalue weighted by atomic mass is 9.89. The summed E-state index contributed by atoms with van der Waals surface area (Å²) >= 11 is 3.57. The quantitative estimate of drug-likeness (QED) is 0.849. The third-order valence-electron chi connectivity index (χ3n) is 4.00. The highest BCUT2D eigenvalue weighted by molar-refractivity contribution is 9.10. The Labute approximate surface area is 145 Å². The third-order valence-corrected chi connectivity index (χ3v) is 4.63. The van der Waals surface area contributed by atoms with E-state index in [4.69, 9.17) is 9.47 Å². The summed E-state index contributed by atoms with van der Waals surface area (Å²) < 4.78 is 12.4. The maximum absolute atomic E-state index is 11.7. The molecule has 1 N–H and O–H groups in total. The van der Waals surface area contributed by atoms with E-state index in [1.807, 2.05) is 27.0 Å². The second-order valence-corrected chi connectivity index (χ2v) is 8.22. The lowest BCUT2D eigenvalue weighted by Gasteiger charge is -2.36. The molecule has 0 radical (unpaired) electrons. The first-order chi connectivity index (χ1) is 10.8. The van der Waals surface area contributed by atoms with Crippen LogP contribution in [-0.2, 0) is 4.74 Å². The van der Waals surface area contributed by atoms with Crippen LogP contribution in [0, 0.1) is 0 Å². The summed E-state index contributed by atoms with van der Waals surface area (Å²) in [4.78, 5) is 15.9. The van der Waals surface area contributed by atoms with E-state index in [1.54, 1.807) is 6.20 Å². The molecule has 126 valence electrons. The molecule has 3 rings (SSSR count). The van der Waals surface area contributed by atoms with Crippen LogP contribution in [-0.4, -0.2) is 28.8 Å². The minimum absolute atomic E-state index is 0.124. The molecule has 2 aliphatic carbocycles. The second-order valence-electron chi connectivity index (χ2n) is 7.36. The van der Waals surface area contributed by atoms with Crippen LogP contribution in [0.15, 0.2) is 16.9 Å². The zero-order valence-electron chi connectivity index (χ0n) is 13.8. The molecule has 1 aromatic rings. The standard InChI is InChI=1S/C17H23BrN2O3/c1-17(2,3)23-16(21)20-11-6-12(7-11)22-14-9-19-8-13(18)15(14)10-4-5-10/h8-12H,4-7H2,1-3H3,(H,20,21). The smallest absolute Gasteiger partial charge is 0.407 e. The van der Waals surface area contributed by atoms with Gasteiger partial charge in [-0.05, 0) is 55.5 Å². The van der Waals surface area contributed by atoms with Gasteiger partial charge in [-0.3, -0.25) is 4.98 Å². The largest absolute Gasteiger partial charge is 0.488 e. The SMILES string of the molecule is CC(C)(C)OC(=O)NC1CC(Oc2cncc(Br)c2C2CC2)C1. The number of carbonyl (C=O) groups is 1. The van der Waals surface area contributed by atoms with E-state index < -0.39 is 5.60 Å². The van der Waals surface area contributed by atoms with Gasteiger partial charge in [0.2, 0.25) is 0 Å². The number of carbonyl (C=O) groups excluding carboxylic acids is 1. The first-order valence-electron chi connectivity index (χ1n) is 8.11. The average Bonchev–Trinajstić information content (AvgIpc) is 3.18. The summed E-state index contributed by atoms with van der Waals surface area (Å²) in [5, 5.41) is 2.88. The summed E-state index contributed by atoms with van der Waals surface area (Å²) in [5.74, 6) is 1.47. The van der Waals surface area contributed by atoms with Gasteiger partial charge >= 0.3 is 6.09 Å². The monoisotopic (exact) mass is 382 g/mol. The first-order valence-corrected chi connectivity index (χ1v) is 8.90. The van der Waals surface area contributed by atoms with Gasteiger partial charge in [0, 0.05) is 35.1 Å². The van der Waals surface area contributed by atoms with E-state index in [-0.39, 0.29) is 18.2 Å². The van der Waals surface area contributed by atoms with E-state index in [1.165, 1.54) is 18.4 Å². The normalized spacial score (nSPS) is 23.8. The Balaban J connectivity index is 1.50. The second kappa shape index (κ2) is 6.30. The fraction of sp³-hybridized carbons (Fsp3) is 0.647. The van der Waals surface area contributed by atoms with Crippen molar-refractivity contribution in [3.63, 3.8) is 0 Å². The Morgan fingerprint density at radius 3 is 2.61 bits per heavy atom. The first kappa shape index (κ1) is 16.6. The molecular weight excluding hydrogens is 360 g/mol. The van der Waals surface area contributed by atoms with Crippen LogP contribution in [0.4, 0.5) is 4.79 Å². The van der Waals surface area contributed by atoms with Crippen molar-refractivity contribution in [3.05, 3.63) is 22.4 Å². The lowest BCUT2D eigenvalue weighted by Crippen LogP contribution is -2.50. The topological polar surface area (TPSA) is 60.5 Å². The number of halogens is 1. The van der Waals surface area contributed by atoms with Crippen molar-refractivity contribution in [2.75, 3.05) is 0 Å². The molecule has 23 heavy (non-hydrogen) atoms. The van der Waals surface area contributed by atoms with E-state index in [9.17, 15) is 4.79 Å². The highest BCUT2D eigenvalue weighted by Crippen LogP contribution is 2.47. The molecule has 0 atom stereocenters. The third kappa shape index (κ3) is 4.37. The number of rotatable bonds is 4. The predicted octanol–water partition coefficient (Wildman–Crippen LogP) is 4.16. The molecule has 0 bridgehead atoms. The van der Waals surface area contributed by atoms with Gasteiger partial charge in [-0.1, -0.05) is 0 Å². The van der Waals surface area contributed by atoms with Crippen LogP contribution in [0.25, 0.3) is 0 Å². The lowest BCUT2D eigenvalue weighted by molar-refractivity contribution is 0.0360. The van der Waals surface area contributed by atoms with E-state index in [0.717, 1.165) is 23.1 Å². The Kier molecular flexibility index (Phi) is 4.54. The minimum atomic E-state index is -0.467. The number of nitrogens with zero attached hydrogens (tertiary/aromatic N) is 1. The minimum Gasteiger partial charge on any atom is -0.488 e. The van der Waals surface area contributed by atoms with Gasteiger partial charge in [0.25, 0.3) is 0 Å². The maximum atomic E-state index is 11.7. The molecule has 0 saturated heterocycles. The molecule has 2 saturated carbocycles. The highest BCUT2D eigenvalue weighted by Gasteiger charge is 2.35. The van der Waals surface area contributed by atoms with E-state index >= 15 is 0 Å². The molecule has 1 aromatic heterocycles. The maximum Gasteiger partial charge on any atom is 0.407 e. The van der Waals surface area contributed by atoms with Crippen molar-refractivity contribution in [2.45, 2.75) is 70.1 Å². The molecular formula is C17H23BrN2O3. The summed E-state index contributed by atoms with van der Waals surface area (Å²) in [6.45, 7) is 5.58. The van der Waals surface area contributed by atoms with Crippen LogP contribution in [0.3, 0.4) is 0 Å². The van der Waals surface area contributed by atoms with Crippen molar-refractivity contribution in [3.8, 4) is 5.75 Å². The molecule has 1 heterocycles. The summed E-state index contributed by atoms with van der Waals surface area (Å²) in [6, 6.07) is 0.124. The number of hydrogen-bond acceptors (Lipinski definition) is 4. The van der Waals surface area contributed by atoms with Crippen LogP contribution in [0.5, 0.6) is 5.75 Å². The molecule has 6 heteroatoms. The Morgan fingerprint density at radius 1 is 1.30 bits per heavy atom. The van der Waals surface area contributed by atoms with E-state index in [0.29, 0.717) is 5.92 Å². The number of nitrogens with one attached hydrogen (secondary N) is 1. The molecule has 0 aliphatic heterocycles. The van der Waals surface area contributed by atoms with Gasteiger partial charge in [0.05, 0.1) is 6.20 Å². The molecule has 2 fully saturated rings. The molecule has 1 amide bonds. The molecule has 0 unspecified atom stereocenters.